The topological polar surface area (TPSA) is 34.6 Å². The maximum absolute atomic E-state index is 6.19. The standard InChI is InChI=1S/C18H21ClN2O2/c1-2-22-15-8-3-4-9-16(15)23-14-7-6-12-21(13-14)18-11-5-10-17(19)20-18/h3-5,8-11,14H,2,6-7,12-13H2,1H3/t14-/m1/s1. The fourth-order valence-electron chi connectivity index (χ4n) is 2.82. The third-order valence-corrected chi connectivity index (χ3v) is 4.06. The van der Waals surface area contributed by atoms with Gasteiger partial charge in [-0.25, -0.2) is 4.98 Å². The van der Waals surface area contributed by atoms with Crippen molar-refractivity contribution in [3.63, 3.8) is 0 Å². The first-order chi connectivity index (χ1) is 11.3. The maximum Gasteiger partial charge on any atom is 0.161 e. The summed E-state index contributed by atoms with van der Waals surface area (Å²) in [6.07, 6.45) is 2.21. The molecule has 1 aromatic heterocycles. The number of rotatable bonds is 5. The van der Waals surface area contributed by atoms with Crippen molar-refractivity contribution in [3.05, 3.63) is 47.6 Å². The van der Waals surface area contributed by atoms with Gasteiger partial charge in [0.05, 0.1) is 13.2 Å². The minimum atomic E-state index is 0.117. The van der Waals surface area contributed by atoms with Crippen LogP contribution in [0, 0.1) is 0 Å². The van der Waals surface area contributed by atoms with Crippen LogP contribution in [0.2, 0.25) is 5.15 Å². The molecular formula is C18H21ClN2O2. The highest BCUT2D eigenvalue weighted by Gasteiger charge is 2.23. The van der Waals surface area contributed by atoms with Gasteiger partial charge in [0.15, 0.2) is 11.5 Å². The molecule has 0 aliphatic carbocycles. The number of halogens is 1. The van der Waals surface area contributed by atoms with Gasteiger partial charge >= 0.3 is 0 Å². The lowest BCUT2D eigenvalue weighted by atomic mass is 10.1. The van der Waals surface area contributed by atoms with E-state index in [1.165, 1.54) is 0 Å². The zero-order valence-electron chi connectivity index (χ0n) is 13.2. The van der Waals surface area contributed by atoms with Crippen molar-refractivity contribution in [1.29, 1.82) is 0 Å². The molecule has 0 bridgehead atoms. The Bertz CT molecular complexity index is 650. The Morgan fingerprint density at radius 3 is 2.78 bits per heavy atom. The summed E-state index contributed by atoms with van der Waals surface area (Å²) >= 11 is 6.00. The van der Waals surface area contributed by atoms with E-state index >= 15 is 0 Å². The first kappa shape index (κ1) is 15.9. The number of hydrogen-bond donors (Lipinski definition) is 0. The SMILES string of the molecule is CCOc1ccccc1O[C@@H]1CCCN(c2cccc(Cl)n2)C1. The predicted molar refractivity (Wildman–Crippen MR) is 92.7 cm³/mol. The Balaban J connectivity index is 1.70. The van der Waals surface area contributed by atoms with Gasteiger partial charge in [0.1, 0.15) is 17.1 Å². The molecule has 1 saturated heterocycles. The molecule has 3 rings (SSSR count). The molecular weight excluding hydrogens is 312 g/mol. The molecule has 1 atom stereocenters. The van der Waals surface area contributed by atoms with Crippen LogP contribution in [0.3, 0.4) is 0 Å². The van der Waals surface area contributed by atoms with Crippen molar-refractivity contribution in [2.24, 2.45) is 0 Å². The van der Waals surface area contributed by atoms with E-state index in [2.05, 4.69) is 9.88 Å². The van der Waals surface area contributed by atoms with E-state index < -0.39 is 0 Å². The van der Waals surface area contributed by atoms with E-state index in [0.717, 1.165) is 43.2 Å². The first-order valence-corrected chi connectivity index (χ1v) is 8.40. The van der Waals surface area contributed by atoms with Gasteiger partial charge in [-0.3, -0.25) is 0 Å². The smallest absolute Gasteiger partial charge is 0.161 e. The fraction of sp³-hybridized carbons (Fsp3) is 0.389. The van der Waals surface area contributed by atoms with Crippen LogP contribution >= 0.6 is 11.6 Å². The van der Waals surface area contributed by atoms with Gasteiger partial charge in [0.25, 0.3) is 0 Å². The number of hydrogen-bond acceptors (Lipinski definition) is 4. The molecule has 4 nitrogen and oxygen atoms in total. The molecule has 2 heterocycles. The molecule has 0 saturated carbocycles. The molecule has 0 spiro atoms. The fourth-order valence-corrected chi connectivity index (χ4v) is 2.98. The monoisotopic (exact) mass is 332 g/mol. The average molecular weight is 333 g/mol. The summed E-state index contributed by atoms with van der Waals surface area (Å²) in [6.45, 7) is 4.38. The number of pyridine rings is 1. The van der Waals surface area contributed by atoms with E-state index in [1.807, 2.05) is 43.3 Å². The summed E-state index contributed by atoms with van der Waals surface area (Å²) in [7, 11) is 0. The molecule has 5 heteroatoms. The van der Waals surface area contributed by atoms with Gasteiger partial charge in [-0.1, -0.05) is 29.8 Å². The highest BCUT2D eigenvalue weighted by atomic mass is 35.5. The maximum atomic E-state index is 6.19. The van der Waals surface area contributed by atoms with Crippen molar-refractivity contribution in [3.8, 4) is 11.5 Å². The van der Waals surface area contributed by atoms with Gasteiger partial charge < -0.3 is 14.4 Å². The molecule has 2 aromatic rings. The number of benzene rings is 1. The molecule has 1 aromatic carbocycles. The van der Waals surface area contributed by atoms with Crippen LogP contribution < -0.4 is 14.4 Å². The zero-order valence-corrected chi connectivity index (χ0v) is 14.0. The quantitative estimate of drug-likeness (QED) is 0.769. The van der Waals surface area contributed by atoms with Crippen LogP contribution in [0.15, 0.2) is 42.5 Å². The van der Waals surface area contributed by atoms with Gasteiger partial charge in [-0.15, -0.1) is 0 Å². The van der Waals surface area contributed by atoms with Crippen LogP contribution in [0.4, 0.5) is 5.82 Å². The molecule has 0 radical (unpaired) electrons. The number of aromatic nitrogens is 1. The number of para-hydroxylation sites is 2. The Kier molecular flexibility index (Phi) is 5.23. The summed E-state index contributed by atoms with van der Waals surface area (Å²) in [4.78, 5) is 6.62. The minimum absolute atomic E-state index is 0.117. The largest absolute Gasteiger partial charge is 0.490 e. The highest BCUT2D eigenvalue weighted by Crippen LogP contribution is 2.30. The van der Waals surface area contributed by atoms with Crippen LogP contribution in [0.5, 0.6) is 11.5 Å². The minimum Gasteiger partial charge on any atom is -0.490 e. The van der Waals surface area contributed by atoms with E-state index in [0.29, 0.717) is 11.8 Å². The van der Waals surface area contributed by atoms with Crippen LogP contribution in [-0.2, 0) is 0 Å². The van der Waals surface area contributed by atoms with E-state index in [9.17, 15) is 0 Å². The molecule has 0 N–H and O–H groups in total. The Morgan fingerprint density at radius 1 is 1.17 bits per heavy atom. The third kappa shape index (κ3) is 4.08. The van der Waals surface area contributed by atoms with Crippen LogP contribution in [0.25, 0.3) is 0 Å². The number of nitrogens with zero attached hydrogens (tertiary/aromatic N) is 2. The number of ether oxygens (including phenoxy) is 2. The van der Waals surface area contributed by atoms with Crippen molar-refractivity contribution in [2.75, 3.05) is 24.6 Å². The second-order valence-corrected chi connectivity index (χ2v) is 5.91. The second-order valence-electron chi connectivity index (χ2n) is 5.53. The molecule has 1 aliphatic rings. The molecule has 1 fully saturated rings. The van der Waals surface area contributed by atoms with Crippen molar-refractivity contribution in [2.45, 2.75) is 25.9 Å². The summed E-state index contributed by atoms with van der Waals surface area (Å²) in [5.74, 6) is 2.51. The summed E-state index contributed by atoms with van der Waals surface area (Å²) in [6, 6.07) is 13.5. The van der Waals surface area contributed by atoms with Crippen LogP contribution in [-0.4, -0.2) is 30.8 Å². The van der Waals surface area contributed by atoms with E-state index in [1.54, 1.807) is 6.07 Å². The average Bonchev–Trinajstić information content (AvgIpc) is 2.57. The normalized spacial score (nSPS) is 17.8. The van der Waals surface area contributed by atoms with Gasteiger partial charge in [0.2, 0.25) is 0 Å². The Hall–Kier alpha value is -1.94. The number of piperidine rings is 1. The lowest BCUT2D eigenvalue weighted by Crippen LogP contribution is -2.41. The number of anilines is 1. The molecule has 0 amide bonds. The summed E-state index contributed by atoms with van der Waals surface area (Å²) in [5, 5.41) is 0.521. The third-order valence-electron chi connectivity index (χ3n) is 3.85. The lowest BCUT2D eigenvalue weighted by molar-refractivity contribution is 0.170. The van der Waals surface area contributed by atoms with E-state index in [4.69, 9.17) is 21.1 Å². The first-order valence-electron chi connectivity index (χ1n) is 8.02. The van der Waals surface area contributed by atoms with Crippen molar-refractivity contribution < 1.29 is 9.47 Å². The van der Waals surface area contributed by atoms with E-state index in [-0.39, 0.29) is 6.10 Å². The van der Waals surface area contributed by atoms with Crippen LogP contribution in [0.1, 0.15) is 19.8 Å². The summed E-state index contributed by atoms with van der Waals surface area (Å²) < 4.78 is 11.8. The molecule has 1 aliphatic heterocycles. The summed E-state index contributed by atoms with van der Waals surface area (Å²) in [5.41, 5.74) is 0. The highest BCUT2D eigenvalue weighted by molar-refractivity contribution is 6.29. The predicted octanol–water partition coefficient (Wildman–Crippen LogP) is 4.18. The van der Waals surface area contributed by atoms with Crippen molar-refractivity contribution in [1.82, 2.24) is 4.98 Å². The van der Waals surface area contributed by atoms with Gasteiger partial charge in [-0.05, 0) is 44.0 Å². The Morgan fingerprint density at radius 2 is 2.00 bits per heavy atom. The molecule has 122 valence electrons. The molecule has 0 unspecified atom stereocenters. The molecule has 23 heavy (non-hydrogen) atoms. The van der Waals surface area contributed by atoms with Gasteiger partial charge in [0, 0.05) is 6.54 Å². The van der Waals surface area contributed by atoms with Gasteiger partial charge in [-0.2, -0.15) is 0 Å². The second kappa shape index (κ2) is 7.55. The van der Waals surface area contributed by atoms with Crippen molar-refractivity contribution >= 4 is 17.4 Å². The lowest BCUT2D eigenvalue weighted by Gasteiger charge is -2.34. The zero-order chi connectivity index (χ0) is 16.1. The Labute approximate surface area is 142 Å².